The maximum atomic E-state index is 11.6. The summed E-state index contributed by atoms with van der Waals surface area (Å²) in [6.07, 6.45) is 1.92. The molecule has 0 saturated carbocycles. The molecule has 1 rings (SSSR count). The maximum absolute atomic E-state index is 11.6. The van der Waals surface area contributed by atoms with Gasteiger partial charge in [-0.15, -0.1) is 0 Å². The molecule has 0 bridgehead atoms. The van der Waals surface area contributed by atoms with Crippen molar-refractivity contribution < 1.29 is 9.90 Å². The summed E-state index contributed by atoms with van der Waals surface area (Å²) in [5.74, 6) is -0.118. The average molecular weight is 252 g/mol. The standard InChI is InChI=1S/C13H20N2O3/c1-13(2,10-16)9-14-11(17)6-8-15-7-4-3-5-12(15)18/h3-5,7,16H,6,8-10H2,1-2H3,(H,14,17). The molecule has 0 spiro atoms. The minimum atomic E-state index is -0.320. The quantitative estimate of drug-likeness (QED) is 0.768. The molecule has 0 saturated heterocycles. The Balaban J connectivity index is 2.39. The van der Waals surface area contributed by atoms with Gasteiger partial charge in [0.2, 0.25) is 5.91 Å². The summed E-state index contributed by atoms with van der Waals surface area (Å²) in [5.41, 5.74) is -0.430. The largest absolute Gasteiger partial charge is 0.396 e. The van der Waals surface area contributed by atoms with Gasteiger partial charge in [-0.3, -0.25) is 9.59 Å². The lowest BCUT2D eigenvalue weighted by Gasteiger charge is -2.21. The van der Waals surface area contributed by atoms with E-state index in [0.717, 1.165) is 0 Å². The van der Waals surface area contributed by atoms with Gasteiger partial charge in [0.05, 0.1) is 0 Å². The van der Waals surface area contributed by atoms with Gasteiger partial charge in [-0.05, 0) is 6.07 Å². The number of hydrogen-bond donors (Lipinski definition) is 2. The summed E-state index contributed by atoms with van der Waals surface area (Å²) in [6.45, 7) is 4.55. The number of aliphatic hydroxyl groups excluding tert-OH is 1. The summed E-state index contributed by atoms with van der Waals surface area (Å²) < 4.78 is 1.50. The molecule has 1 amide bonds. The molecule has 1 heterocycles. The van der Waals surface area contributed by atoms with E-state index in [2.05, 4.69) is 5.32 Å². The Morgan fingerprint density at radius 2 is 2.17 bits per heavy atom. The third kappa shape index (κ3) is 4.71. The summed E-state index contributed by atoms with van der Waals surface area (Å²) in [7, 11) is 0. The van der Waals surface area contributed by atoms with Crippen LogP contribution in [0.5, 0.6) is 0 Å². The van der Waals surface area contributed by atoms with E-state index in [1.807, 2.05) is 13.8 Å². The minimum Gasteiger partial charge on any atom is -0.396 e. The van der Waals surface area contributed by atoms with Crippen molar-refractivity contribution in [2.75, 3.05) is 13.2 Å². The molecule has 100 valence electrons. The van der Waals surface area contributed by atoms with Crippen molar-refractivity contribution >= 4 is 5.91 Å². The van der Waals surface area contributed by atoms with Crippen LogP contribution in [0.15, 0.2) is 29.2 Å². The third-order valence-electron chi connectivity index (χ3n) is 2.67. The first-order chi connectivity index (χ1) is 8.44. The zero-order chi connectivity index (χ0) is 13.6. The van der Waals surface area contributed by atoms with Crippen LogP contribution in [-0.4, -0.2) is 28.7 Å². The molecule has 5 nitrogen and oxygen atoms in total. The van der Waals surface area contributed by atoms with Gasteiger partial charge in [-0.25, -0.2) is 0 Å². The summed E-state index contributed by atoms with van der Waals surface area (Å²) in [4.78, 5) is 23.0. The highest BCUT2D eigenvalue weighted by atomic mass is 16.3. The number of nitrogens with one attached hydrogen (secondary N) is 1. The number of carbonyl (C=O) groups is 1. The average Bonchev–Trinajstić information content (AvgIpc) is 2.35. The molecule has 0 aliphatic rings. The van der Waals surface area contributed by atoms with Gasteiger partial charge in [-0.1, -0.05) is 19.9 Å². The number of aromatic nitrogens is 1. The maximum Gasteiger partial charge on any atom is 0.250 e. The highest BCUT2D eigenvalue weighted by molar-refractivity contribution is 5.75. The number of aliphatic hydroxyl groups is 1. The predicted octanol–water partition coefficient (Wildman–Crippen LogP) is 0.373. The molecule has 0 fully saturated rings. The van der Waals surface area contributed by atoms with Gasteiger partial charge < -0.3 is 15.0 Å². The van der Waals surface area contributed by atoms with Crippen molar-refractivity contribution in [1.29, 1.82) is 0 Å². The van der Waals surface area contributed by atoms with Crippen LogP contribution in [0.25, 0.3) is 0 Å². The van der Waals surface area contributed by atoms with E-state index in [0.29, 0.717) is 13.1 Å². The molecule has 0 unspecified atom stereocenters. The fourth-order valence-electron chi connectivity index (χ4n) is 1.35. The number of amides is 1. The summed E-state index contributed by atoms with van der Waals surface area (Å²) in [5, 5.41) is 11.8. The Kier molecular flexibility index (Phi) is 5.09. The Morgan fingerprint density at radius 1 is 1.44 bits per heavy atom. The Hall–Kier alpha value is -1.62. The second-order valence-electron chi connectivity index (χ2n) is 5.08. The molecule has 0 aliphatic carbocycles. The molecule has 5 heteroatoms. The molecule has 2 N–H and O–H groups in total. The van der Waals surface area contributed by atoms with Crippen LogP contribution in [0.4, 0.5) is 0 Å². The molecule has 0 atom stereocenters. The van der Waals surface area contributed by atoms with Crippen molar-refractivity contribution in [2.24, 2.45) is 5.41 Å². The van der Waals surface area contributed by atoms with Gasteiger partial charge in [-0.2, -0.15) is 0 Å². The third-order valence-corrected chi connectivity index (χ3v) is 2.67. The van der Waals surface area contributed by atoms with E-state index >= 15 is 0 Å². The van der Waals surface area contributed by atoms with E-state index < -0.39 is 0 Å². The van der Waals surface area contributed by atoms with Crippen LogP contribution in [0, 0.1) is 5.41 Å². The highest BCUT2D eigenvalue weighted by Gasteiger charge is 2.17. The van der Waals surface area contributed by atoms with E-state index in [1.165, 1.54) is 10.6 Å². The molecular formula is C13H20N2O3. The second-order valence-corrected chi connectivity index (χ2v) is 5.08. The number of aryl methyl sites for hydroxylation is 1. The number of rotatable bonds is 6. The van der Waals surface area contributed by atoms with E-state index in [1.54, 1.807) is 18.3 Å². The lowest BCUT2D eigenvalue weighted by atomic mass is 9.95. The normalized spacial score (nSPS) is 11.3. The van der Waals surface area contributed by atoms with Gasteiger partial charge in [0.1, 0.15) is 0 Å². The number of carbonyl (C=O) groups excluding carboxylic acids is 1. The SMILES string of the molecule is CC(C)(CO)CNC(=O)CCn1ccccc1=O. The first-order valence-electron chi connectivity index (χ1n) is 5.98. The van der Waals surface area contributed by atoms with Crippen LogP contribution in [0.1, 0.15) is 20.3 Å². The zero-order valence-corrected chi connectivity index (χ0v) is 10.8. The summed E-state index contributed by atoms with van der Waals surface area (Å²) in [6, 6.07) is 4.89. The molecule has 18 heavy (non-hydrogen) atoms. The molecule has 1 aromatic rings. The molecule has 0 aliphatic heterocycles. The van der Waals surface area contributed by atoms with Crippen LogP contribution in [0.3, 0.4) is 0 Å². The number of pyridine rings is 1. The Labute approximate surface area is 106 Å². The lowest BCUT2D eigenvalue weighted by molar-refractivity contribution is -0.121. The Bertz CT molecular complexity index is 452. The van der Waals surface area contributed by atoms with Crippen molar-refractivity contribution in [3.05, 3.63) is 34.7 Å². The first kappa shape index (κ1) is 14.4. The second kappa shape index (κ2) is 6.35. The van der Waals surface area contributed by atoms with E-state index in [4.69, 9.17) is 5.11 Å². The molecular weight excluding hydrogens is 232 g/mol. The fraction of sp³-hybridized carbons (Fsp3) is 0.538. The first-order valence-corrected chi connectivity index (χ1v) is 5.98. The van der Waals surface area contributed by atoms with Gasteiger partial charge in [0.25, 0.3) is 5.56 Å². The van der Waals surface area contributed by atoms with E-state index in [-0.39, 0.29) is 29.9 Å². The molecule has 1 aromatic heterocycles. The van der Waals surface area contributed by atoms with Gasteiger partial charge in [0, 0.05) is 43.8 Å². The van der Waals surface area contributed by atoms with Crippen molar-refractivity contribution in [3.8, 4) is 0 Å². The molecule has 0 radical (unpaired) electrons. The highest BCUT2D eigenvalue weighted by Crippen LogP contribution is 2.11. The lowest BCUT2D eigenvalue weighted by Crippen LogP contribution is -2.36. The minimum absolute atomic E-state index is 0.0193. The van der Waals surface area contributed by atoms with Crippen molar-refractivity contribution in [2.45, 2.75) is 26.8 Å². The van der Waals surface area contributed by atoms with Gasteiger partial charge >= 0.3 is 0 Å². The van der Waals surface area contributed by atoms with Crippen LogP contribution < -0.4 is 10.9 Å². The van der Waals surface area contributed by atoms with Crippen LogP contribution in [-0.2, 0) is 11.3 Å². The van der Waals surface area contributed by atoms with Crippen LogP contribution >= 0.6 is 0 Å². The smallest absolute Gasteiger partial charge is 0.250 e. The monoisotopic (exact) mass is 252 g/mol. The van der Waals surface area contributed by atoms with E-state index in [9.17, 15) is 9.59 Å². The van der Waals surface area contributed by atoms with Gasteiger partial charge in [0.15, 0.2) is 0 Å². The summed E-state index contributed by atoms with van der Waals surface area (Å²) >= 11 is 0. The Morgan fingerprint density at radius 3 is 2.78 bits per heavy atom. The number of nitrogens with zero attached hydrogens (tertiary/aromatic N) is 1. The van der Waals surface area contributed by atoms with Crippen molar-refractivity contribution in [1.82, 2.24) is 9.88 Å². The fourth-order valence-corrected chi connectivity index (χ4v) is 1.35. The predicted molar refractivity (Wildman–Crippen MR) is 69.2 cm³/mol. The molecule has 0 aromatic carbocycles. The van der Waals surface area contributed by atoms with Crippen molar-refractivity contribution in [3.63, 3.8) is 0 Å². The zero-order valence-electron chi connectivity index (χ0n) is 10.8. The topological polar surface area (TPSA) is 71.3 Å². The number of hydrogen-bond acceptors (Lipinski definition) is 3. The van der Waals surface area contributed by atoms with Crippen LogP contribution in [0.2, 0.25) is 0 Å².